The van der Waals surface area contributed by atoms with Crippen molar-refractivity contribution in [1.82, 2.24) is 9.55 Å². The molecule has 21 heavy (non-hydrogen) atoms. The minimum absolute atomic E-state index is 0.106. The van der Waals surface area contributed by atoms with Crippen molar-refractivity contribution >= 4 is 11.5 Å². The van der Waals surface area contributed by atoms with E-state index in [4.69, 9.17) is 5.73 Å². The van der Waals surface area contributed by atoms with Crippen LogP contribution in [-0.2, 0) is 12.1 Å². The molecule has 0 bridgehead atoms. The second-order valence-electron chi connectivity index (χ2n) is 6.03. The van der Waals surface area contributed by atoms with Crippen LogP contribution in [0.4, 0.5) is 11.5 Å². The zero-order chi connectivity index (χ0) is 15.6. The summed E-state index contributed by atoms with van der Waals surface area (Å²) >= 11 is 0. The Morgan fingerprint density at radius 1 is 1.33 bits per heavy atom. The van der Waals surface area contributed by atoms with E-state index in [-0.39, 0.29) is 11.1 Å². The van der Waals surface area contributed by atoms with Crippen molar-refractivity contribution in [2.45, 2.75) is 32.9 Å². The highest BCUT2D eigenvalue weighted by Gasteiger charge is 2.19. The van der Waals surface area contributed by atoms with Crippen LogP contribution < -0.4 is 16.2 Å². The van der Waals surface area contributed by atoms with Crippen molar-refractivity contribution in [2.75, 3.05) is 11.9 Å². The van der Waals surface area contributed by atoms with Gasteiger partial charge in [0, 0.05) is 37.2 Å². The standard InChI is InChI=1S/C16H22N4O/c1-16(2,3)20-9-8-18-14(15(20)21)19(4)13-7-5-6-12(10-13)11-17/h5-10H,11,17H2,1-4H3. The summed E-state index contributed by atoms with van der Waals surface area (Å²) in [6.45, 7) is 6.45. The molecule has 0 unspecified atom stereocenters. The molecule has 2 rings (SSSR count). The summed E-state index contributed by atoms with van der Waals surface area (Å²) in [5.41, 5.74) is 7.20. The van der Waals surface area contributed by atoms with Gasteiger partial charge in [-0.3, -0.25) is 4.79 Å². The molecule has 1 aromatic carbocycles. The molecule has 0 atom stereocenters. The molecule has 1 heterocycles. The van der Waals surface area contributed by atoms with Crippen LogP contribution in [0.3, 0.4) is 0 Å². The number of rotatable bonds is 3. The molecule has 5 nitrogen and oxygen atoms in total. The largest absolute Gasteiger partial charge is 0.326 e. The smallest absolute Gasteiger partial charge is 0.294 e. The van der Waals surface area contributed by atoms with Crippen molar-refractivity contribution in [2.24, 2.45) is 5.73 Å². The van der Waals surface area contributed by atoms with Crippen molar-refractivity contribution in [3.63, 3.8) is 0 Å². The van der Waals surface area contributed by atoms with E-state index < -0.39 is 0 Å². The van der Waals surface area contributed by atoms with E-state index in [9.17, 15) is 4.79 Å². The average Bonchev–Trinajstić information content (AvgIpc) is 2.45. The Balaban J connectivity index is 2.49. The van der Waals surface area contributed by atoms with Crippen molar-refractivity contribution in [3.8, 4) is 0 Å². The van der Waals surface area contributed by atoms with Crippen LogP contribution in [0, 0.1) is 0 Å². The molecule has 0 aliphatic carbocycles. The van der Waals surface area contributed by atoms with Gasteiger partial charge in [-0.2, -0.15) is 0 Å². The summed E-state index contributed by atoms with van der Waals surface area (Å²) in [5, 5.41) is 0. The lowest BCUT2D eigenvalue weighted by atomic mass is 10.1. The number of hydrogen-bond donors (Lipinski definition) is 1. The first-order valence-electron chi connectivity index (χ1n) is 6.95. The van der Waals surface area contributed by atoms with Crippen LogP contribution in [0.25, 0.3) is 0 Å². The number of nitrogens with zero attached hydrogens (tertiary/aromatic N) is 3. The summed E-state index contributed by atoms with van der Waals surface area (Å²) in [4.78, 5) is 18.7. The fraction of sp³-hybridized carbons (Fsp3) is 0.375. The van der Waals surface area contributed by atoms with E-state index in [0.717, 1.165) is 11.3 Å². The van der Waals surface area contributed by atoms with Crippen LogP contribution in [0.15, 0.2) is 41.5 Å². The van der Waals surface area contributed by atoms with Crippen molar-refractivity contribution in [3.05, 3.63) is 52.6 Å². The third kappa shape index (κ3) is 3.13. The maximum Gasteiger partial charge on any atom is 0.294 e. The second kappa shape index (κ2) is 5.69. The zero-order valence-corrected chi connectivity index (χ0v) is 13.0. The summed E-state index contributed by atoms with van der Waals surface area (Å²) in [6.07, 6.45) is 3.38. The number of aromatic nitrogens is 2. The summed E-state index contributed by atoms with van der Waals surface area (Å²) in [6, 6.07) is 7.80. The first-order chi connectivity index (χ1) is 9.84. The van der Waals surface area contributed by atoms with Gasteiger partial charge in [0.05, 0.1) is 0 Å². The first-order valence-corrected chi connectivity index (χ1v) is 6.95. The molecule has 0 aliphatic heterocycles. The number of nitrogens with two attached hydrogens (primary N) is 1. The van der Waals surface area contributed by atoms with Gasteiger partial charge in [-0.05, 0) is 38.5 Å². The van der Waals surface area contributed by atoms with Crippen LogP contribution in [0.5, 0.6) is 0 Å². The summed E-state index contributed by atoms with van der Waals surface area (Å²) < 4.78 is 1.69. The molecule has 0 saturated carbocycles. The van der Waals surface area contributed by atoms with Gasteiger partial charge in [-0.15, -0.1) is 0 Å². The van der Waals surface area contributed by atoms with E-state index in [1.165, 1.54) is 0 Å². The normalized spacial score (nSPS) is 11.5. The maximum atomic E-state index is 12.6. The van der Waals surface area contributed by atoms with Gasteiger partial charge in [-0.1, -0.05) is 12.1 Å². The Morgan fingerprint density at radius 3 is 2.67 bits per heavy atom. The quantitative estimate of drug-likeness (QED) is 0.939. The maximum absolute atomic E-state index is 12.6. The first kappa shape index (κ1) is 15.3. The van der Waals surface area contributed by atoms with Gasteiger partial charge in [0.25, 0.3) is 5.56 Å². The van der Waals surface area contributed by atoms with Gasteiger partial charge >= 0.3 is 0 Å². The number of hydrogen-bond acceptors (Lipinski definition) is 4. The summed E-state index contributed by atoms with van der Waals surface area (Å²) in [5.74, 6) is 0.404. The lowest BCUT2D eigenvalue weighted by Gasteiger charge is -2.25. The van der Waals surface area contributed by atoms with E-state index >= 15 is 0 Å². The molecule has 2 aromatic rings. The summed E-state index contributed by atoms with van der Waals surface area (Å²) in [7, 11) is 1.84. The van der Waals surface area contributed by atoms with Gasteiger partial charge in [0.15, 0.2) is 5.82 Å². The Morgan fingerprint density at radius 2 is 2.05 bits per heavy atom. The van der Waals surface area contributed by atoms with E-state index in [1.54, 1.807) is 21.9 Å². The molecule has 0 aliphatic rings. The molecular weight excluding hydrogens is 264 g/mol. The third-order valence-electron chi connectivity index (χ3n) is 3.40. The van der Waals surface area contributed by atoms with Crippen LogP contribution in [0.2, 0.25) is 0 Å². The average molecular weight is 286 g/mol. The molecule has 1 aromatic heterocycles. The molecule has 112 valence electrons. The minimum Gasteiger partial charge on any atom is -0.326 e. The molecule has 0 spiro atoms. The molecule has 0 saturated heterocycles. The van der Waals surface area contributed by atoms with E-state index in [1.807, 2.05) is 52.1 Å². The van der Waals surface area contributed by atoms with Crippen molar-refractivity contribution in [1.29, 1.82) is 0 Å². The van der Waals surface area contributed by atoms with Crippen LogP contribution in [-0.4, -0.2) is 16.6 Å². The van der Waals surface area contributed by atoms with Gasteiger partial charge in [0.2, 0.25) is 0 Å². The minimum atomic E-state index is -0.283. The topological polar surface area (TPSA) is 64.2 Å². The molecule has 5 heteroatoms. The lowest BCUT2D eigenvalue weighted by molar-refractivity contribution is 0.383. The zero-order valence-electron chi connectivity index (χ0n) is 13.0. The Hall–Kier alpha value is -2.14. The molecule has 0 radical (unpaired) electrons. The number of anilines is 2. The second-order valence-corrected chi connectivity index (χ2v) is 6.03. The predicted octanol–water partition coefficient (Wildman–Crippen LogP) is 2.22. The SMILES string of the molecule is CN(c1cccc(CN)c1)c1nccn(C(C)(C)C)c1=O. The van der Waals surface area contributed by atoms with Gasteiger partial charge in [0.1, 0.15) is 0 Å². The monoisotopic (exact) mass is 286 g/mol. The highest BCUT2D eigenvalue weighted by Crippen LogP contribution is 2.21. The highest BCUT2D eigenvalue weighted by molar-refractivity contribution is 5.59. The molecule has 0 amide bonds. The fourth-order valence-electron chi connectivity index (χ4n) is 2.17. The number of benzene rings is 1. The predicted molar refractivity (Wildman–Crippen MR) is 85.9 cm³/mol. The third-order valence-corrected chi connectivity index (χ3v) is 3.40. The van der Waals surface area contributed by atoms with Crippen molar-refractivity contribution < 1.29 is 0 Å². The Kier molecular flexibility index (Phi) is 4.14. The van der Waals surface area contributed by atoms with Crippen LogP contribution in [0.1, 0.15) is 26.3 Å². The molecule has 2 N–H and O–H groups in total. The Bertz CT molecular complexity index is 685. The van der Waals surface area contributed by atoms with Gasteiger partial charge in [-0.25, -0.2) is 4.98 Å². The molecular formula is C16H22N4O. The van der Waals surface area contributed by atoms with Crippen LogP contribution >= 0.6 is 0 Å². The van der Waals surface area contributed by atoms with E-state index in [0.29, 0.717) is 12.4 Å². The highest BCUT2D eigenvalue weighted by atomic mass is 16.1. The van der Waals surface area contributed by atoms with Gasteiger partial charge < -0.3 is 15.2 Å². The molecule has 0 fully saturated rings. The Labute approximate surface area is 125 Å². The lowest BCUT2D eigenvalue weighted by Crippen LogP contribution is -2.36. The van der Waals surface area contributed by atoms with E-state index in [2.05, 4.69) is 4.98 Å². The fourth-order valence-corrected chi connectivity index (χ4v) is 2.17.